The lowest BCUT2D eigenvalue weighted by atomic mass is 9.78. The number of carbonyl (C=O) groups is 2. The van der Waals surface area contributed by atoms with Gasteiger partial charge < -0.3 is 5.32 Å². The van der Waals surface area contributed by atoms with Crippen LogP contribution in [0.2, 0.25) is 0 Å². The topological polar surface area (TPSA) is 58.6 Å². The molecule has 0 aromatic heterocycles. The molecule has 4 rings (SSSR count). The van der Waals surface area contributed by atoms with E-state index in [2.05, 4.69) is 29.6 Å². The van der Waals surface area contributed by atoms with Crippen molar-refractivity contribution in [3.8, 4) is 0 Å². The summed E-state index contributed by atoms with van der Waals surface area (Å²) >= 11 is 0. The van der Waals surface area contributed by atoms with Gasteiger partial charge >= 0.3 is 0 Å². The van der Waals surface area contributed by atoms with Gasteiger partial charge in [0.15, 0.2) is 0 Å². The van der Waals surface area contributed by atoms with E-state index in [1.807, 2.05) is 0 Å². The van der Waals surface area contributed by atoms with Crippen molar-refractivity contribution in [3.63, 3.8) is 0 Å². The van der Waals surface area contributed by atoms with Crippen LogP contribution in [0.15, 0.2) is 48.5 Å². The molecule has 1 spiro atoms. The van der Waals surface area contributed by atoms with Crippen LogP contribution in [0, 0.1) is 5.92 Å². The van der Waals surface area contributed by atoms with E-state index in [4.69, 9.17) is 4.84 Å². The van der Waals surface area contributed by atoms with Crippen molar-refractivity contribution < 1.29 is 14.4 Å². The lowest BCUT2D eigenvalue weighted by Gasteiger charge is -2.26. The molecule has 5 nitrogen and oxygen atoms in total. The first-order valence-corrected chi connectivity index (χ1v) is 9.36. The smallest absolute Gasteiger partial charge is 0.277 e. The Morgan fingerprint density at radius 1 is 1.15 bits per heavy atom. The number of aryl methyl sites for hydroxylation is 1. The van der Waals surface area contributed by atoms with Crippen LogP contribution in [0.25, 0.3) is 0 Å². The molecule has 0 heterocycles. The molecule has 0 unspecified atom stereocenters. The molecular formula is C22H24N2O3. The number of nitrogens with one attached hydrogen (secondary N) is 1. The van der Waals surface area contributed by atoms with Gasteiger partial charge in [-0.25, -0.2) is 5.06 Å². The summed E-state index contributed by atoms with van der Waals surface area (Å²) in [5.41, 5.74) is 4.00. The van der Waals surface area contributed by atoms with Gasteiger partial charge in [-0.1, -0.05) is 24.3 Å². The average molecular weight is 364 g/mol. The number of benzene rings is 2. The van der Waals surface area contributed by atoms with Crippen LogP contribution < -0.4 is 5.32 Å². The summed E-state index contributed by atoms with van der Waals surface area (Å²) in [5.74, 6) is -0.130. The number of carbonyl (C=O) groups excluding carboxylic acids is 2. The van der Waals surface area contributed by atoms with E-state index in [1.54, 1.807) is 31.3 Å². The van der Waals surface area contributed by atoms with Crippen molar-refractivity contribution in [2.75, 3.05) is 19.5 Å². The zero-order chi connectivity index (χ0) is 19.0. The fourth-order valence-corrected chi connectivity index (χ4v) is 4.37. The van der Waals surface area contributed by atoms with Gasteiger partial charge in [0.05, 0.1) is 7.11 Å². The Balaban J connectivity index is 1.45. The normalized spacial score (nSPS) is 22.8. The second-order valence-electron chi connectivity index (χ2n) is 7.48. The molecule has 2 amide bonds. The molecule has 0 bridgehead atoms. The van der Waals surface area contributed by atoms with Crippen LogP contribution in [0.1, 0.15) is 40.7 Å². The third kappa shape index (κ3) is 3.12. The Bertz CT molecular complexity index is 877. The molecule has 0 aliphatic heterocycles. The maximum absolute atomic E-state index is 12.8. The third-order valence-corrected chi connectivity index (χ3v) is 5.97. The lowest BCUT2D eigenvalue weighted by molar-refractivity contribution is -0.117. The van der Waals surface area contributed by atoms with E-state index < -0.39 is 0 Å². The summed E-state index contributed by atoms with van der Waals surface area (Å²) in [7, 11) is 3.01. The van der Waals surface area contributed by atoms with E-state index >= 15 is 0 Å². The summed E-state index contributed by atoms with van der Waals surface area (Å²) in [6.45, 7) is 0. The Kier molecular flexibility index (Phi) is 4.48. The standard InChI is InChI=1S/C22H24N2O3/c1-24(27-2)21(26)16-9-11-17(12-10-16)23-20(25)19-14-22(19)13-5-7-15-6-3-4-8-18(15)22/h3-4,6,8-12,19H,5,7,13-14H2,1-2H3,(H,23,25)/t19-,22+/m0/s1. The van der Waals surface area contributed by atoms with Crippen molar-refractivity contribution >= 4 is 17.5 Å². The number of hydrogen-bond acceptors (Lipinski definition) is 3. The minimum Gasteiger partial charge on any atom is -0.326 e. The fraction of sp³-hybridized carbons (Fsp3) is 0.364. The zero-order valence-corrected chi connectivity index (χ0v) is 15.7. The highest BCUT2D eigenvalue weighted by atomic mass is 16.7. The highest BCUT2D eigenvalue weighted by Crippen LogP contribution is 2.60. The van der Waals surface area contributed by atoms with Gasteiger partial charge in [-0.05, 0) is 61.1 Å². The predicted octanol–water partition coefficient (Wildman–Crippen LogP) is 3.55. The summed E-state index contributed by atoms with van der Waals surface area (Å²) in [4.78, 5) is 29.8. The Morgan fingerprint density at radius 3 is 2.63 bits per heavy atom. The van der Waals surface area contributed by atoms with E-state index in [9.17, 15) is 9.59 Å². The number of fused-ring (bicyclic) bond motifs is 2. The zero-order valence-electron chi connectivity index (χ0n) is 15.7. The molecule has 140 valence electrons. The predicted molar refractivity (Wildman–Crippen MR) is 103 cm³/mol. The van der Waals surface area contributed by atoms with E-state index in [0.717, 1.165) is 25.7 Å². The van der Waals surface area contributed by atoms with Gasteiger partial charge in [-0.15, -0.1) is 0 Å². The molecule has 2 aromatic carbocycles. The molecule has 2 aromatic rings. The first kappa shape index (κ1) is 17.7. The maximum atomic E-state index is 12.8. The first-order chi connectivity index (χ1) is 13.0. The molecule has 27 heavy (non-hydrogen) atoms. The molecule has 2 aliphatic rings. The number of hydroxylamine groups is 2. The Hall–Kier alpha value is -2.66. The minimum absolute atomic E-state index is 0.0238. The monoisotopic (exact) mass is 364 g/mol. The summed E-state index contributed by atoms with van der Waals surface area (Å²) < 4.78 is 0. The molecule has 5 heteroatoms. The molecule has 2 atom stereocenters. The van der Waals surface area contributed by atoms with Crippen molar-refractivity contribution in [1.82, 2.24) is 5.06 Å². The van der Waals surface area contributed by atoms with Crippen LogP contribution in [0.5, 0.6) is 0 Å². The molecule has 2 aliphatic carbocycles. The Morgan fingerprint density at radius 2 is 1.89 bits per heavy atom. The van der Waals surface area contributed by atoms with Crippen molar-refractivity contribution in [2.24, 2.45) is 5.92 Å². The molecule has 1 N–H and O–H groups in total. The molecule has 0 saturated heterocycles. The fourth-order valence-electron chi connectivity index (χ4n) is 4.37. The van der Waals surface area contributed by atoms with Crippen molar-refractivity contribution in [2.45, 2.75) is 31.1 Å². The van der Waals surface area contributed by atoms with Crippen LogP contribution in [0.4, 0.5) is 5.69 Å². The van der Waals surface area contributed by atoms with Gasteiger partial charge in [-0.3, -0.25) is 14.4 Å². The minimum atomic E-state index is -0.227. The number of anilines is 1. The van der Waals surface area contributed by atoms with Crippen LogP contribution in [0.3, 0.4) is 0 Å². The van der Waals surface area contributed by atoms with Crippen LogP contribution >= 0.6 is 0 Å². The van der Waals surface area contributed by atoms with Crippen LogP contribution in [-0.2, 0) is 21.5 Å². The first-order valence-electron chi connectivity index (χ1n) is 9.36. The highest BCUT2D eigenvalue weighted by molar-refractivity contribution is 5.97. The van der Waals surface area contributed by atoms with E-state index in [0.29, 0.717) is 11.3 Å². The SMILES string of the molecule is CON(C)C(=O)c1ccc(NC(=O)[C@@H]2C[C@@]23CCCc2ccccc23)cc1. The molecular weight excluding hydrogens is 340 g/mol. The largest absolute Gasteiger partial charge is 0.326 e. The van der Waals surface area contributed by atoms with Gasteiger partial charge in [0, 0.05) is 29.6 Å². The molecule has 0 radical (unpaired) electrons. The second kappa shape index (κ2) is 6.82. The van der Waals surface area contributed by atoms with Gasteiger partial charge in [0.25, 0.3) is 5.91 Å². The number of hydrogen-bond donors (Lipinski definition) is 1. The molecule has 1 fully saturated rings. The van der Waals surface area contributed by atoms with Gasteiger partial charge in [-0.2, -0.15) is 0 Å². The lowest BCUT2D eigenvalue weighted by Crippen LogP contribution is -2.25. The van der Waals surface area contributed by atoms with E-state index in [1.165, 1.54) is 23.3 Å². The summed E-state index contributed by atoms with van der Waals surface area (Å²) in [5, 5.41) is 4.19. The summed E-state index contributed by atoms with van der Waals surface area (Å²) in [6, 6.07) is 15.5. The second-order valence-corrected chi connectivity index (χ2v) is 7.48. The number of nitrogens with zero attached hydrogens (tertiary/aromatic N) is 1. The Labute approximate surface area is 159 Å². The van der Waals surface area contributed by atoms with Crippen LogP contribution in [-0.4, -0.2) is 31.0 Å². The maximum Gasteiger partial charge on any atom is 0.277 e. The van der Waals surface area contributed by atoms with Gasteiger partial charge in [0.1, 0.15) is 0 Å². The van der Waals surface area contributed by atoms with Gasteiger partial charge in [0.2, 0.25) is 5.91 Å². The molecule has 1 saturated carbocycles. The number of rotatable bonds is 4. The van der Waals surface area contributed by atoms with Crippen molar-refractivity contribution in [3.05, 3.63) is 65.2 Å². The average Bonchev–Trinajstić information content (AvgIpc) is 3.42. The van der Waals surface area contributed by atoms with E-state index in [-0.39, 0.29) is 23.1 Å². The highest BCUT2D eigenvalue weighted by Gasteiger charge is 2.60. The number of amides is 2. The third-order valence-electron chi connectivity index (χ3n) is 5.97. The van der Waals surface area contributed by atoms with Crippen molar-refractivity contribution in [1.29, 1.82) is 0 Å². The quantitative estimate of drug-likeness (QED) is 0.844. The summed E-state index contributed by atoms with van der Waals surface area (Å²) in [6.07, 6.45) is 4.26.